The smallest absolute Gasteiger partial charge is 0.272 e. The van der Waals surface area contributed by atoms with Gasteiger partial charge in [-0.05, 0) is 13.8 Å². The number of hydrogen-bond acceptors (Lipinski definition) is 2. The maximum Gasteiger partial charge on any atom is 0.272 e. The van der Waals surface area contributed by atoms with Crippen molar-refractivity contribution >= 4 is 0 Å². The van der Waals surface area contributed by atoms with Crippen LogP contribution in [0.3, 0.4) is 0 Å². The van der Waals surface area contributed by atoms with Crippen LogP contribution < -0.4 is 5.56 Å². The van der Waals surface area contributed by atoms with Crippen LogP contribution in [-0.2, 0) is 12.0 Å². The second kappa shape index (κ2) is 3.85. The number of nitrogens with one attached hydrogen (secondary N) is 1. The van der Waals surface area contributed by atoms with Crippen LogP contribution in [0.15, 0.2) is 4.79 Å². The van der Waals surface area contributed by atoms with Crippen molar-refractivity contribution < 1.29 is 5.11 Å². The first-order valence-electron chi connectivity index (χ1n) is 5.23. The highest BCUT2D eigenvalue weighted by atomic mass is 16.3. The maximum absolute atomic E-state index is 11.9. The van der Waals surface area contributed by atoms with Crippen LogP contribution in [-0.4, -0.2) is 14.9 Å². The van der Waals surface area contributed by atoms with Crippen LogP contribution in [0.2, 0.25) is 0 Å². The van der Waals surface area contributed by atoms with E-state index in [1.807, 2.05) is 34.6 Å². The molecule has 4 heteroatoms. The first-order valence-corrected chi connectivity index (χ1v) is 5.23. The number of aromatic amines is 1. The van der Waals surface area contributed by atoms with Gasteiger partial charge in [-0.15, -0.1) is 0 Å². The zero-order valence-electron chi connectivity index (χ0n) is 10.1. The van der Waals surface area contributed by atoms with E-state index in [0.717, 1.165) is 5.69 Å². The van der Waals surface area contributed by atoms with Crippen molar-refractivity contribution in [1.29, 1.82) is 0 Å². The normalized spacial score (nSPS) is 12.5. The number of aliphatic hydroxyl groups is 1. The topological polar surface area (TPSA) is 58.0 Å². The molecule has 1 rings (SSSR count). The van der Waals surface area contributed by atoms with Gasteiger partial charge in [0.05, 0.1) is 12.2 Å². The van der Waals surface area contributed by atoms with Gasteiger partial charge in [-0.25, -0.2) is 0 Å². The fourth-order valence-electron chi connectivity index (χ4n) is 1.62. The van der Waals surface area contributed by atoms with Crippen LogP contribution in [0.4, 0.5) is 0 Å². The highest BCUT2D eigenvalue weighted by molar-refractivity contribution is 5.23. The Morgan fingerprint density at radius 1 is 1.40 bits per heavy atom. The Bertz CT molecular complexity index is 394. The molecule has 86 valence electrons. The van der Waals surface area contributed by atoms with Crippen molar-refractivity contribution in [3.63, 3.8) is 0 Å². The second-order valence-electron chi connectivity index (χ2n) is 5.14. The van der Waals surface area contributed by atoms with Crippen molar-refractivity contribution in [2.75, 3.05) is 0 Å². The minimum atomic E-state index is -0.207. The van der Waals surface area contributed by atoms with Gasteiger partial charge in [0, 0.05) is 17.2 Å². The summed E-state index contributed by atoms with van der Waals surface area (Å²) in [6.07, 6.45) is 0. The molecule has 0 atom stereocenters. The predicted molar refractivity (Wildman–Crippen MR) is 60.1 cm³/mol. The van der Waals surface area contributed by atoms with Gasteiger partial charge in [0.1, 0.15) is 0 Å². The van der Waals surface area contributed by atoms with Crippen LogP contribution >= 0.6 is 0 Å². The number of aliphatic hydroxyl groups excluding tert-OH is 1. The zero-order chi connectivity index (χ0) is 11.8. The maximum atomic E-state index is 11.9. The molecule has 0 aliphatic rings. The lowest BCUT2D eigenvalue weighted by Crippen LogP contribution is -2.20. The Kier molecular flexibility index (Phi) is 3.09. The highest BCUT2D eigenvalue weighted by Crippen LogP contribution is 2.22. The molecule has 0 aliphatic heterocycles. The third-order valence-corrected chi connectivity index (χ3v) is 2.44. The van der Waals surface area contributed by atoms with Gasteiger partial charge in [0.25, 0.3) is 5.56 Å². The molecule has 0 saturated heterocycles. The lowest BCUT2D eigenvalue weighted by atomic mass is 9.90. The SMILES string of the molecule is CC(C)n1[nH]c(C(C)(C)C)c(CO)c1=O. The predicted octanol–water partition coefficient (Wildman–Crippen LogP) is 1.55. The largest absolute Gasteiger partial charge is 0.391 e. The monoisotopic (exact) mass is 212 g/mol. The van der Waals surface area contributed by atoms with Crippen LogP contribution in [0.5, 0.6) is 0 Å². The average Bonchev–Trinajstić information content (AvgIpc) is 2.41. The Morgan fingerprint density at radius 3 is 2.20 bits per heavy atom. The molecule has 0 saturated carbocycles. The molecule has 4 nitrogen and oxygen atoms in total. The number of hydrogen-bond donors (Lipinski definition) is 2. The van der Waals surface area contributed by atoms with E-state index in [2.05, 4.69) is 5.10 Å². The van der Waals surface area contributed by atoms with Crippen molar-refractivity contribution in [1.82, 2.24) is 9.78 Å². The minimum Gasteiger partial charge on any atom is -0.391 e. The van der Waals surface area contributed by atoms with Crippen LogP contribution in [0, 0.1) is 0 Å². The zero-order valence-corrected chi connectivity index (χ0v) is 10.1. The number of aromatic nitrogens is 2. The fourth-order valence-corrected chi connectivity index (χ4v) is 1.62. The van der Waals surface area contributed by atoms with Gasteiger partial charge < -0.3 is 5.11 Å². The molecular weight excluding hydrogens is 192 g/mol. The Hall–Kier alpha value is -1.03. The molecule has 2 N–H and O–H groups in total. The standard InChI is InChI=1S/C11H20N2O2/c1-7(2)13-10(15)8(6-14)9(12-13)11(3,4)5/h7,12,14H,6H2,1-5H3. The molecule has 0 bridgehead atoms. The minimum absolute atomic E-state index is 0.0823. The Balaban J connectivity index is 3.42. The molecule has 0 unspecified atom stereocenters. The summed E-state index contributed by atoms with van der Waals surface area (Å²) in [4.78, 5) is 11.9. The Morgan fingerprint density at radius 2 is 1.93 bits per heavy atom. The van der Waals surface area contributed by atoms with Gasteiger partial charge >= 0.3 is 0 Å². The molecular formula is C11H20N2O2. The summed E-state index contributed by atoms with van der Waals surface area (Å²) in [5, 5.41) is 12.3. The average molecular weight is 212 g/mol. The second-order valence-corrected chi connectivity index (χ2v) is 5.14. The number of rotatable bonds is 2. The first kappa shape index (κ1) is 12.0. The number of H-pyrrole nitrogens is 1. The molecule has 1 aromatic heterocycles. The summed E-state index contributed by atoms with van der Waals surface area (Å²) in [7, 11) is 0. The first-order chi connectivity index (χ1) is 6.79. The van der Waals surface area contributed by atoms with Gasteiger partial charge in [-0.2, -0.15) is 0 Å². The van der Waals surface area contributed by atoms with E-state index in [9.17, 15) is 9.90 Å². The molecule has 0 aliphatic carbocycles. The van der Waals surface area contributed by atoms with E-state index in [-0.39, 0.29) is 23.6 Å². The molecule has 1 heterocycles. The molecule has 1 aromatic rings. The molecule has 0 spiro atoms. The highest BCUT2D eigenvalue weighted by Gasteiger charge is 2.24. The summed E-state index contributed by atoms with van der Waals surface area (Å²) < 4.78 is 1.56. The molecule has 0 radical (unpaired) electrons. The van der Waals surface area contributed by atoms with E-state index >= 15 is 0 Å². The van der Waals surface area contributed by atoms with Crippen LogP contribution in [0.25, 0.3) is 0 Å². The number of nitrogens with zero attached hydrogens (tertiary/aromatic N) is 1. The van der Waals surface area contributed by atoms with Gasteiger partial charge in [0.2, 0.25) is 0 Å². The third kappa shape index (κ3) is 2.15. The summed E-state index contributed by atoms with van der Waals surface area (Å²) >= 11 is 0. The van der Waals surface area contributed by atoms with Crippen LogP contribution in [0.1, 0.15) is 51.9 Å². The van der Waals surface area contributed by atoms with Gasteiger partial charge in [-0.1, -0.05) is 20.8 Å². The Labute approximate surface area is 89.9 Å². The van der Waals surface area contributed by atoms with E-state index < -0.39 is 0 Å². The van der Waals surface area contributed by atoms with E-state index in [1.54, 1.807) is 4.68 Å². The third-order valence-electron chi connectivity index (χ3n) is 2.44. The molecule has 0 aromatic carbocycles. The lowest BCUT2D eigenvalue weighted by molar-refractivity contribution is 0.277. The van der Waals surface area contributed by atoms with Crippen molar-refractivity contribution in [2.24, 2.45) is 0 Å². The van der Waals surface area contributed by atoms with E-state index in [4.69, 9.17) is 0 Å². The lowest BCUT2D eigenvalue weighted by Gasteiger charge is -2.17. The van der Waals surface area contributed by atoms with Crippen molar-refractivity contribution in [2.45, 2.75) is 52.7 Å². The molecule has 0 amide bonds. The molecule has 15 heavy (non-hydrogen) atoms. The van der Waals surface area contributed by atoms with Gasteiger partial charge in [0.15, 0.2) is 0 Å². The van der Waals surface area contributed by atoms with E-state index in [0.29, 0.717) is 5.56 Å². The van der Waals surface area contributed by atoms with Crippen molar-refractivity contribution in [3.05, 3.63) is 21.6 Å². The van der Waals surface area contributed by atoms with Crippen molar-refractivity contribution in [3.8, 4) is 0 Å². The summed E-state index contributed by atoms with van der Waals surface area (Å²) in [6.45, 7) is 9.71. The summed E-state index contributed by atoms with van der Waals surface area (Å²) in [6, 6.07) is 0.0823. The van der Waals surface area contributed by atoms with Gasteiger partial charge in [-0.3, -0.25) is 14.6 Å². The molecule has 0 fully saturated rings. The van der Waals surface area contributed by atoms with E-state index in [1.165, 1.54) is 0 Å². The fraction of sp³-hybridized carbons (Fsp3) is 0.727. The summed E-state index contributed by atoms with van der Waals surface area (Å²) in [5.74, 6) is 0. The summed E-state index contributed by atoms with van der Waals surface area (Å²) in [5.41, 5.74) is 1.04. The quantitative estimate of drug-likeness (QED) is 0.781.